The largest absolute Gasteiger partial charge is 0.369 e. The number of amides is 1. The average Bonchev–Trinajstić information content (AvgIpc) is 3.06. The number of benzene rings is 1. The Hall–Kier alpha value is -2.34. The van der Waals surface area contributed by atoms with E-state index in [9.17, 15) is 10.1 Å². The SMILES string of the molecule is CSc1sc(-c2ccnc(SCC(N)=O)n2)c(-c2ccccc2)c1C#N. The average molecular weight is 399 g/mol. The number of thioether (sulfide) groups is 2. The molecule has 2 aromatic heterocycles. The molecular formula is C18H14N4OS3. The number of rotatable bonds is 6. The molecule has 5 nitrogen and oxygen atoms in total. The van der Waals surface area contributed by atoms with Gasteiger partial charge in [-0.1, -0.05) is 42.1 Å². The Bertz CT molecular complexity index is 980. The molecule has 0 unspecified atom stereocenters. The zero-order chi connectivity index (χ0) is 18.5. The summed E-state index contributed by atoms with van der Waals surface area (Å²) >= 11 is 4.29. The minimum atomic E-state index is -0.415. The molecule has 2 heterocycles. The van der Waals surface area contributed by atoms with Crippen molar-refractivity contribution in [2.45, 2.75) is 9.37 Å². The van der Waals surface area contributed by atoms with Gasteiger partial charge < -0.3 is 5.73 Å². The highest BCUT2D eigenvalue weighted by Crippen LogP contribution is 2.45. The van der Waals surface area contributed by atoms with Crippen molar-refractivity contribution in [3.63, 3.8) is 0 Å². The van der Waals surface area contributed by atoms with Gasteiger partial charge in [-0.2, -0.15) is 5.26 Å². The van der Waals surface area contributed by atoms with Crippen molar-refractivity contribution in [3.8, 4) is 27.8 Å². The molecule has 0 aliphatic carbocycles. The minimum Gasteiger partial charge on any atom is -0.369 e. The van der Waals surface area contributed by atoms with Crippen LogP contribution in [0.1, 0.15) is 5.56 Å². The normalized spacial score (nSPS) is 10.5. The van der Waals surface area contributed by atoms with Crippen LogP contribution in [0.3, 0.4) is 0 Å². The third-order valence-corrected chi connectivity index (χ3v) is 6.66. The van der Waals surface area contributed by atoms with Crippen LogP contribution in [-0.2, 0) is 4.79 Å². The van der Waals surface area contributed by atoms with E-state index in [2.05, 4.69) is 16.0 Å². The molecule has 0 radical (unpaired) electrons. The van der Waals surface area contributed by atoms with Gasteiger partial charge in [-0.25, -0.2) is 9.97 Å². The third-order valence-electron chi connectivity index (χ3n) is 3.45. The zero-order valence-corrected chi connectivity index (χ0v) is 16.3. The highest BCUT2D eigenvalue weighted by molar-refractivity contribution is 8.00. The van der Waals surface area contributed by atoms with Crippen LogP contribution in [0.4, 0.5) is 0 Å². The Balaban J connectivity index is 2.14. The van der Waals surface area contributed by atoms with Crippen LogP contribution in [0.2, 0.25) is 0 Å². The molecule has 0 saturated heterocycles. The summed E-state index contributed by atoms with van der Waals surface area (Å²) < 4.78 is 0.950. The first-order valence-corrected chi connectivity index (χ1v) is 10.6. The van der Waals surface area contributed by atoms with Crippen molar-refractivity contribution in [2.75, 3.05) is 12.0 Å². The Kier molecular flexibility index (Phi) is 5.93. The molecular weight excluding hydrogens is 384 g/mol. The maximum absolute atomic E-state index is 11.0. The minimum absolute atomic E-state index is 0.124. The van der Waals surface area contributed by atoms with Gasteiger partial charge in [-0.3, -0.25) is 4.79 Å². The number of nitrogens with two attached hydrogens (primary N) is 1. The van der Waals surface area contributed by atoms with Crippen molar-refractivity contribution in [1.82, 2.24) is 9.97 Å². The van der Waals surface area contributed by atoms with Gasteiger partial charge in [0.25, 0.3) is 0 Å². The summed E-state index contributed by atoms with van der Waals surface area (Å²) in [6, 6.07) is 14.0. The van der Waals surface area contributed by atoms with Crippen LogP contribution < -0.4 is 5.73 Å². The van der Waals surface area contributed by atoms with E-state index in [4.69, 9.17) is 5.73 Å². The molecule has 0 fully saturated rings. The molecule has 3 rings (SSSR count). The number of nitrogens with zero attached hydrogens (tertiary/aromatic N) is 3. The summed E-state index contributed by atoms with van der Waals surface area (Å²) in [5.74, 6) is -0.291. The van der Waals surface area contributed by atoms with Gasteiger partial charge >= 0.3 is 0 Å². The van der Waals surface area contributed by atoms with Crippen molar-refractivity contribution >= 4 is 40.8 Å². The first-order valence-electron chi connectivity index (χ1n) is 7.55. The molecule has 0 aliphatic heterocycles. The van der Waals surface area contributed by atoms with E-state index >= 15 is 0 Å². The molecule has 26 heavy (non-hydrogen) atoms. The van der Waals surface area contributed by atoms with Crippen molar-refractivity contribution in [1.29, 1.82) is 5.26 Å². The van der Waals surface area contributed by atoms with Crippen molar-refractivity contribution in [2.24, 2.45) is 5.73 Å². The summed E-state index contributed by atoms with van der Waals surface area (Å²) in [4.78, 5) is 20.7. The number of hydrogen-bond donors (Lipinski definition) is 1. The first-order chi connectivity index (χ1) is 12.6. The summed E-state index contributed by atoms with van der Waals surface area (Å²) in [6.07, 6.45) is 3.62. The van der Waals surface area contributed by atoms with Crippen LogP contribution in [0.15, 0.2) is 52.0 Å². The molecule has 1 amide bonds. The van der Waals surface area contributed by atoms with E-state index in [1.165, 1.54) is 11.8 Å². The second-order valence-electron chi connectivity index (χ2n) is 5.13. The fourth-order valence-electron chi connectivity index (χ4n) is 2.39. The predicted octanol–water partition coefficient (Wildman–Crippen LogP) is 4.04. The molecule has 0 atom stereocenters. The number of carbonyl (C=O) groups excluding carboxylic acids is 1. The van der Waals surface area contributed by atoms with Crippen LogP contribution >= 0.6 is 34.9 Å². The van der Waals surface area contributed by atoms with Gasteiger partial charge in [0.1, 0.15) is 6.07 Å². The highest BCUT2D eigenvalue weighted by Gasteiger charge is 2.21. The van der Waals surface area contributed by atoms with E-state index in [1.807, 2.05) is 42.7 Å². The van der Waals surface area contributed by atoms with Gasteiger partial charge in [0.15, 0.2) is 5.16 Å². The van der Waals surface area contributed by atoms with Gasteiger partial charge in [0, 0.05) is 11.8 Å². The molecule has 0 bridgehead atoms. The Morgan fingerprint density at radius 1 is 1.31 bits per heavy atom. The molecule has 0 aliphatic rings. The van der Waals surface area contributed by atoms with E-state index < -0.39 is 5.91 Å². The van der Waals surface area contributed by atoms with E-state index in [1.54, 1.807) is 29.3 Å². The third kappa shape index (κ3) is 3.90. The number of aromatic nitrogens is 2. The predicted molar refractivity (Wildman–Crippen MR) is 107 cm³/mol. The molecule has 2 N–H and O–H groups in total. The van der Waals surface area contributed by atoms with Crippen LogP contribution in [0.5, 0.6) is 0 Å². The van der Waals surface area contributed by atoms with Gasteiger partial charge in [0.05, 0.1) is 26.1 Å². The maximum Gasteiger partial charge on any atom is 0.227 e. The molecule has 130 valence electrons. The van der Waals surface area contributed by atoms with Gasteiger partial charge in [0.2, 0.25) is 5.91 Å². The van der Waals surface area contributed by atoms with E-state index in [-0.39, 0.29) is 5.75 Å². The molecule has 8 heteroatoms. The summed E-state index contributed by atoms with van der Waals surface area (Å²) in [7, 11) is 0. The Morgan fingerprint density at radius 2 is 2.08 bits per heavy atom. The zero-order valence-electron chi connectivity index (χ0n) is 13.8. The lowest BCUT2D eigenvalue weighted by Crippen LogP contribution is -2.13. The number of hydrogen-bond acceptors (Lipinski definition) is 7. The molecule has 0 spiro atoms. The number of nitriles is 1. The van der Waals surface area contributed by atoms with E-state index in [0.29, 0.717) is 10.7 Å². The van der Waals surface area contributed by atoms with Crippen molar-refractivity contribution in [3.05, 3.63) is 48.2 Å². The smallest absolute Gasteiger partial charge is 0.227 e. The number of primary amides is 1. The number of thiophene rings is 1. The molecule has 0 saturated carbocycles. The monoisotopic (exact) mass is 398 g/mol. The lowest BCUT2D eigenvalue weighted by molar-refractivity contribution is -0.115. The van der Waals surface area contributed by atoms with Gasteiger partial charge in [-0.15, -0.1) is 23.1 Å². The lowest BCUT2D eigenvalue weighted by Gasteiger charge is -2.06. The van der Waals surface area contributed by atoms with Gasteiger partial charge in [-0.05, 0) is 17.9 Å². The first kappa shape index (κ1) is 18.5. The Morgan fingerprint density at radius 3 is 2.73 bits per heavy atom. The second kappa shape index (κ2) is 8.36. The maximum atomic E-state index is 11.0. The Labute approximate surface area is 163 Å². The van der Waals surface area contributed by atoms with Crippen LogP contribution in [-0.4, -0.2) is 27.9 Å². The summed E-state index contributed by atoms with van der Waals surface area (Å²) in [6.45, 7) is 0. The van der Waals surface area contributed by atoms with E-state index in [0.717, 1.165) is 25.9 Å². The standard InChI is InChI=1S/C18H14N4OS3/c1-24-17-12(9-19)15(11-5-3-2-4-6-11)16(26-17)13-7-8-21-18(22-13)25-10-14(20)23/h2-8H,10H2,1H3,(H2,20,23). The van der Waals surface area contributed by atoms with Crippen molar-refractivity contribution < 1.29 is 4.79 Å². The topological polar surface area (TPSA) is 92.7 Å². The van der Waals surface area contributed by atoms with Crippen LogP contribution in [0.25, 0.3) is 21.7 Å². The fraction of sp³-hybridized carbons (Fsp3) is 0.111. The highest BCUT2D eigenvalue weighted by atomic mass is 32.2. The quantitative estimate of drug-likeness (QED) is 0.497. The summed E-state index contributed by atoms with van der Waals surface area (Å²) in [5.41, 5.74) is 8.44. The molecule has 1 aromatic carbocycles. The second-order valence-corrected chi connectivity index (χ2v) is 8.17. The van der Waals surface area contributed by atoms with Crippen LogP contribution in [0, 0.1) is 11.3 Å². The fourth-order valence-corrected chi connectivity index (χ4v) is 4.87. The number of carbonyl (C=O) groups is 1. The molecule has 3 aromatic rings. The summed E-state index contributed by atoms with van der Waals surface area (Å²) in [5, 5.41) is 10.2. The lowest BCUT2D eigenvalue weighted by atomic mass is 10.0.